The number of rotatable bonds is 10. The van der Waals surface area contributed by atoms with Crippen LogP contribution in [-0.4, -0.2) is 44.1 Å². The number of nitrogens with zero attached hydrogens (tertiary/aromatic N) is 2. The molecule has 0 spiro atoms. The first-order chi connectivity index (χ1) is 15.6. The molecule has 0 fully saturated rings. The summed E-state index contributed by atoms with van der Waals surface area (Å²) < 4.78 is 65.9. The number of phenols is 1. The van der Waals surface area contributed by atoms with E-state index in [0.29, 0.717) is 5.39 Å². The van der Waals surface area contributed by atoms with Gasteiger partial charge in [-0.2, -0.15) is 13.5 Å². The fourth-order valence-electron chi connectivity index (χ4n) is 2.75. The van der Waals surface area contributed by atoms with E-state index in [2.05, 4.69) is 19.6 Å². The van der Waals surface area contributed by atoms with Gasteiger partial charge in [0.15, 0.2) is 22.2 Å². The smallest absolute Gasteiger partial charge is 0.298 e. The molecule has 15 heteroatoms. The van der Waals surface area contributed by atoms with Gasteiger partial charge in [-0.25, -0.2) is 13.7 Å². The van der Waals surface area contributed by atoms with Crippen molar-refractivity contribution in [1.82, 2.24) is 0 Å². The summed E-state index contributed by atoms with van der Waals surface area (Å²) in [6.07, 6.45) is 0. The van der Waals surface area contributed by atoms with Crippen molar-refractivity contribution in [2.45, 2.75) is 9.79 Å². The van der Waals surface area contributed by atoms with Gasteiger partial charge in [-0.15, -0.1) is 9.45 Å². The Morgan fingerprint density at radius 1 is 0.939 bits per heavy atom. The second kappa shape index (κ2) is 10.5. The average molecular weight is 517 g/mol. The number of hydrogen-bond donors (Lipinski definition) is 3. The van der Waals surface area contributed by atoms with E-state index < -0.39 is 30.6 Å². The van der Waals surface area contributed by atoms with Crippen molar-refractivity contribution < 1.29 is 45.3 Å². The molecule has 0 saturated heterocycles. The molecular formula is C18H16N2O10S3. The quantitative estimate of drug-likeness (QED) is 0.0885. The van der Waals surface area contributed by atoms with Gasteiger partial charge in [0, 0.05) is 10.8 Å². The topological polar surface area (TPSA) is 181 Å². The van der Waals surface area contributed by atoms with Crippen molar-refractivity contribution in [1.29, 1.82) is 0 Å². The molecule has 3 aromatic rings. The third-order valence-corrected chi connectivity index (χ3v) is 7.19. The maximum absolute atomic E-state index is 12.3. The Hall–Kier alpha value is -2.63. The first-order valence-corrected chi connectivity index (χ1v) is 12.6. The van der Waals surface area contributed by atoms with Gasteiger partial charge < -0.3 is 5.11 Å². The Morgan fingerprint density at radius 3 is 2.24 bits per heavy atom. The Labute approximate surface area is 192 Å². The van der Waals surface area contributed by atoms with Gasteiger partial charge in [-0.1, -0.05) is 29.3 Å². The zero-order valence-electron chi connectivity index (χ0n) is 16.4. The molecule has 0 bridgehead atoms. The molecule has 3 aromatic carbocycles. The van der Waals surface area contributed by atoms with Crippen LogP contribution < -0.4 is 0 Å². The fraction of sp³-hybridized carbons (Fsp3) is 0.111. The minimum atomic E-state index is -4.72. The van der Waals surface area contributed by atoms with Crippen molar-refractivity contribution in [2.24, 2.45) is 10.2 Å². The highest BCUT2D eigenvalue weighted by Crippen LogP contribution is 2.38. The zero-order valence-corrected chi connectivity index (χ0v) is 18.9. The zero-order chi connectivity index (χ0) is 24.1. The van der Waals surface area contributed by atoms with Crippen LogP contribution in [0.3, 0.4) is 0 Å². The third kappa shape index (κ3) is 6.24. The summed E-state index contributed by atoms with van der Waals surface area (Å²) in [4.78, 5) is -0.717. The van der Waals surface area contributed by atoms with Crippen LogP contribution in [-0.2, 0) is 33.5 Å². The van der Waals surface area contributed by atoms with Crippen LogP contribution in [0.4, 0.5) is 11.4 Å². The summed E-state index contributed by atoms with van der Waals surface area (Å²) in [5, 5.41) is 30.0. The van der Waals surface area contributed by atoms with E-state index in [0.717, 1.165) is 6.07 Å². The Balaban J connectivity index is 1.84. The average Bonchev–Trinajstić information content (AvgIpc) is 2.78. The van der Waals surface area contributed by atoms with E-state index in [9.17, 15) is 26.5 Å². The van der Waals surface area contributed by atoms with Gasteiger partial charge in [0.05, 0.1) is 28.6 Å². The van der Waals surface area contributed by atoms with Crippen LogP contribution in [0.25, 0.3) is 10.8 Å². The molecule has 0 aliphatic rings. The highest BCUT2D eigenvalue weighted by molar-refractivity contribution is 7.91. The molecule has 3 N–H and O–H groups in total. The molecule has 3 rings (SSSR count). The maximum Gasteiger partial charge on any atom is 0.298 e. The summed E-state index contributed by atoms with van der Waals surface area (Å²) in [7, 11) is -8.40. The summed E-state index contributed by atoms with van der Waals surface area (Å²) in [6, 6.07) is 12.7. The molecule has 33 heavy (non-hydrogen) atoms. The van der Waals surface area contributed by atoms with Crippen LogP contribution in [0.2, 0.25) is 0 Å². The highest BCUT2D eigenvalue weighted by atomic mass is 32.2. The lowest BCUT2D eigenvalue weighted by Gasteiger charge is -2.08. The summed E-state index contributed by atoms with van der Waals surface area (Å²) in [6.45, 7) is -0.234. The third-order valence-electron chi connectivity index (χ3n) is 4.25. The molecule has 0 aliphatic heterocycles. The van der Waals surface area contributed by atoms with Gasteiger partial charge in [0.2, 0.25) is 0 Å². The van der Waals surface area contributed by atoms with E-state index in [1.807, 2.05) is 0 Å². The number of aromatic hydroxyl groups is 1. The molecule has 0 saturated carbocycles. The lowest BCUT2D eigenvalue weighted by atomic mass is 10.1. The van der Waals surface area contributed by atoms with Crippen LogP contribution in [0.5, 0.6) is 5.75 Å². The predicted octanol–water partition coefficient (Wildman–Crippen LogP) is 3.98. The fourth-order valence-corrected chi connectivity index (χ4v) is 4.78. The van der Waals surface area contributed by atoms with E-state index in [1.54, 1.807) is 18.2 Å². The molecule has 0 heterocycles. The minimum Gasteiger partial charge on any atom is -0.506 e. The van der Waals surface area contributed by atoms with Gasteiger partial charge >= 0.3 is 0 Å². The number of fused-ring (bicyclic) bond motifs is 1. The predicted molar refractivity (Wildman–Crippen MR) is 116 cm³/mol. The number of sulfone groups is 1. The van der Waals surface area contributed by atoms with Crippen molar-refractivity contribution in [3.63, 3.8) is 0 Å². The Kier molecular flexibility index (Phi) is 7.98. The van der Waals surface area contributed by atoms with Gasteiger partial charge in [-0.05, 0) is 30.3 Å². The number of azo groups is 1. The first kappa shape index (κ1) is 25.0. The molecule has 0 atom stereocenters. The van der Waals surface area contributed by atoms with Crippen molar-refractivity contribution >= 4 is 54.4 Å². The number of phenolic OH excluding ortho intramolecular Hbond substituents is 1. The van der Waals surface area contributed by atoms with Crippen LogP contribution in [0.15, 0.2) is 74.6 Å². The second-order valence-corrected chi connectivity index (χ2v) is 10.3. The van der Waals surface area contributed by atoms with Crippen LogP contribution >= 0.6 is 12.3 Å². The van der Waals surface area contributed by atoms with E-state index in [-0.39, 0.29) is 46.3 Å². The van der Waals surface area contributed by atoms with Crippen molar-refractivity contribution in [3.8, 4) is 5.75 Å². The Bertz CT molecular complexity index is 1370. The Morgan fingerprint density at radius 2 is 1.61 bits per heavy atom. The molecule has 0 aliphatic carbocycles. The SMILES string of the molecule is O=S(=O)(O)c1cc(N=Nc2ccc(S(=O)(=O)CCOSOOO)cc2)c2ccccc2c1O. The monoisotopic (exact) mass is 516 g/mol. The first-order valence-electron chi connectivity index (χ1n) is 8.86. The lowest BCUT2D eigenvalue weighted by molar-refractivity contribution is -0.434. The van der Waals surface area contributed by atoms with Gasteiger partial charge in [-0.3, -0.25) is 8.74 Å². The van der Waals surface area contributed by atoms with Crippen LogP contribution in [0.1, 0.15) is 0 Å². The molecule has 12 nitrogen and oxygen atoms in total. The lowest BCUT2D eigenvalue weighted by Crippen LogP contribution is -2.10. The number of hydrogen-bond acceptors (Lipinski definition) is 12. The van der Waals surface area contributed by atoms with Crippen molar-refractivity contribution in [2.75, 3.05) is 12.4 Å². The van der Waals surface area contributed by atoms with Gasteiger partial charge in [0.25, 0.3) is 10.1 Å². The summed E-state index contributed by atoms with van der Waals surface area (Å²) in [5.74, 6) is -0.979. The van der Waals surface area contributed by atoms with Crippen LogP contribution in [0, 0.1) is 0 Å². The van der Waals surface area contributed by atoms with E-state index in [4.69, 9.17) is 9.44 Å². The van der Waals surface area contributed by atoms with Crippen molar-refractivity contribution in [3.05, 3.63) is 54.6 Å². The normalized spacial score (nSPS) is 12.5. The van der Waals surface area contributed by atoms with Gasteiger partial charge in [0.1, 0.15) is 10.6 Å². The van der Waals surface area contributed by atoms with E-state index >= 15 is 0 Å². The largest absolute Gasteiger partial charge is 0.506 e. The maximum atomic E-state index is 12.3. The second-order valence-electron chi connectivity index (χ2n) is 6.31. The summed E-state index contributed by atoms with van der Waals surface area (Å²) in [5.41, 5.74) is 0.330. The minimum absolute atomic E-state index is 0.00174. The molecular weight excluding hydrogens is 500 g/mol. The standard InChI is InChI=1S/C18H16N2O10S3/c21-18-15-4-2-1-3-14(15)16(11-17(18)33(25,26)27)20-19-12-5-7-13(8-6-12)32(23,24)10-9-28-31-30-29-22/h1-8,11,21-22H,9-10H2,(H,25,26,27). The molecule has 0 aromatic heterocycles. The molecule has 0 unspecified atom stereocenters. The molecule has 176 valence electrons. The highest BCUT2D eigenvalue weighted by Gasteiger charge is 2.20. The van der Waals surface area contributed by atoms with E-state index in [1.165, 1.54) is 30.3 Å². The molecule has 0 radical (unpaired) electrons. The number of benzene rings is 3. The molecule has 0 amide bonds. The summed E-state index contributed by atoms with van der Waals surface area (Å²) >= 11 is 0.267.